The van der Waals surface area contributed by atoms with Gasteiger partial charge in [0.25, 0.3) is 0 Å². The summed E-state index contributed by atoms with van der Waals surface area (Å²) >= 11 is 0. The van der Waals surface area contributed by atoms with E-state index < -0.39 is 5.97 Å². The van der Waals surface area contributed by atoms with Crippen molar-refractivity contribution in [3.8, 4) is 11.1 Å². The van der Waals surface area contributed by atoms with Gasteiger partial charge in [0.05, 0.1) is 18.4 Å². The van der Waals surface area contributed by atoms with Gasteiger partial charge < -0.3 is 9.72 Å². The summed E-state index contributed by atoms with van der Waals surface area (Å²) in [4.78, 5) is 28.6. The molecule has 4 nitrogen and oxygen atoms in total. The van der Waals surface area contributed by atoms with Crippen molar-refractivity contribution in [3.05, 3.63) is 95.8 Å². The number of fused-ring (bicyclic) bond motifs is 1. The van der Waals surface area contributed by atoms with Crippen molar-refractivity contribution in [1.82, 2.24) is 4.98 Å². The molecule has 0 saturated heterocycles. The summed E-state index contributed by atoms with van der Waals surface area (Å²) in [5.74, 6) is -0.650. The Hall–Kier alpha value is -3.66. The largest absolute Gasteiger partial charge is 0.465 e. The molecule has 132 valence electrons. The van der Waals surface area contributed by atoms with E-state index in [2.05, 4.69) is 4.98 Å². The zero-order valence-electron chi connectivity index (χ0n) is 14.7. The van der Waals surface area contributed by atoms with Gasteiger partial charge in [0.1, 0.15) is 0 Å². The lowest BCUT2D eigenvalue weighted by molar-refractivity contribution is 0.0602. The second kappa shape index (κ2) is 6.92. The Morgan fingerprint density at radius 3 is 2.30 bits per heavy atom. The highest BCUT2D eigenvalue weighted by atomic mass is 16.5. The molecule has 0 radical (unpaired) electrons. The van der Waals surface area contributed by atoms with Crippen molar-refractivity contribution in [2.75, 3.05) is 7.11 Å². The number of methoxy groups -OCH3 is 1. The Labute approximate surface area is 156 Å². The molecule has 4 aromatic rings. The van der Waals surface area contributed by atoms with Crippen molar-refractivity contribution in [2.45, 2.75) is 0 Å². The molecule has 0 fully saturated rings. The van der Waals surface area contributed by atoms with E-state index in [4.69, 9.17) is 4.74 Å². The summed E-state index contributed by atoms with van der Waals surface area (Å²) in [7, 11) is 1.33. The number of nitrogens with one attached hydrogen (secondary N) is 1. The molecule has 1 heterocycles. The third-order valence-electron chi connectivity index (χ3n) is 4.61. The van der Waals surface area contributed by atoms with Crippen molar-refractivity contribution in [2.24, 2.45) is 0 Å². The van der Waals surface area contributed by atoms with Gasteiger partial charge in [-0.05, 0) is 16.3 Å². The lowest BCUT2D eigenvalue weighted by Gasteiger charge is -2.09. The number of H-pyrrole nitrogens is 1. The number of hydrogen-bond donors (Lipinski definition) is 1. The number of rotatable bonds is 4. The fourth-order valence-corrected chi connectivity index (χ4v) is 3.34. The average Bonchev–Trinajstić information content (AvgIpc) is 3.18. The first-order chi connectivity index (χ1) is 13.2. The van der Waals surface area contributed by atoms with E-state index >= 15 is 0 Å². The van der Waals surface area contributed by atoms with Crippen molar-refractivity contribution in [3.63, 3.8) is 0 Å². The van der Waals surface area contributed by atoms with Crippen LogP contribution in [0.5, 0.6) is 0 Å². The van der Waals surface area contributed by atoms with Gasteiger partial charge in [0, 0.05) is 17.3 Å². The Morgan fingerprint density at radius 2 is 1.52 bits per heavy atom. The van der Waals surface area contributed by atoms with Crippen LogP contribution in [0.2, 0.25) is 0 Å². The van der Waals surface area contributed by atoms with E-state index in [0.29, 0.717) is 22.4 Å². The first-order valence-corrected chi connectivity index (χ1v) is 8.58. The maximum absolute atomic E-state index is 13.4. The topological polar surface area (TPSA) is 59.2 Å². The molecule has 1 aromatic heterocycles. The van der Waals surface area contributed by atoms with Crippen molar-refractivity contribution >= 4 is 22.5 Å². The highest BCUT2D eigenvalue weighted by Crippen LogP contribution is 2.31. The summed E-state index contributed by atoms with van der Waals surface area (Å²) in [5, 5.41) is 1.86. The smallest absolute Gasteiger partial charge is 0.340 e. The summed E-state index contributed by atoms with van der Waals surface area (Å²) < 4.78 is 4.90. The zero-order valence-corrected chi connectivity index (χ0v) is 14.7. The number of hydrogen-bond acceptors (Lipinski definition) is 3. The van der Waals surface area contributed by atoms with E-state index in [9.17, 15) is 9.59 Å². The SMILES string of the molecule is COC(=O)c1c[nH]c(C(=O)c2cccc3ccccc23)c1-c1ccccc1. The van der Waals surface area contributed by atoms with Crippen molar-refractivity contribution in [1.29, 1.82) is 0 Å². The lowest BCUT2D eigenvalue weighted by atomic mass is 9.94. The number of carbonyl (C=O) groups is 2. The Morgan fingerprint density at radius 1 is 0.815 bits per heavy atom. The van der Waals surface area contributed by atoms with Gasteiger partial charge in [-0.2, -0.15) is 0 Å². The van der Waals surface area contributed by atoms with Crippen LogP contribution in [0.1, 0.15) is 26.4 Å². The van der Waals surface area contributed by atoms with E-state index in [0.717, 1.165) is 16.3 Å². The number of aromatic nitrogens is 1. The quantitative estimate of drug-likeness (QED) is 0.420. The molecule has 0 saturated carbocycles. The number of ether oxygens (including phenoxy) is 1. The van der Waals surface area contributed by atoms with Crippen LogP contribution in [0.25, 0.3) is 21.9 Å². The molecule has 1 N–H and O–H groups in total. The Balaban J connectivity index is 1.93. The fourth-order valence-electron chi connectivity index (χ4n) is 3.34. The lowest BCUT2D eigenvalue weighted by Crippen LogP contribution is -2.06. The first-order valence-electron chi connectivity index (χ1n) is 8.58. The van der Waals surface area contributed by atoms with Crippen LogP contribution in [0.3, 0.4) is 0 Å². The third kappa shape index (κ3) is 2.91. The van der Waals surface area contributed by atoms with E-state index in [-0.39, 0.29) is 5.78 Å². The number of aromatic amines is 1. The van der Waals surface area contributed by atoms with E-state index in [1.807, 2.05) is 66.7 Å². The molecule has 3 aromatic carbocycles. The van der Waals surface area contributed by atoms with Crippen LogP contribution in [0.15, 0.2) is 79.0 Å². The van der Waals surface area contributed by atoms with Crippen LogP contribution in [-0.4, -0.2) is 23.8 Å². The molecule has 0 aliphatic heterocycles. The molecule has 4 heteroatoms. The summed E-state index contributed by atoms with van der Waals surface area (Å²) in [6.07, 6.45) is 1.53. The monoisotopic (exact) mass is 355 g/mol. The minimum atomic E-state index is -0.484. The zero-order chi connectivity index (χ0) is 18.8. The minimum Gasteiger partial charge on any atom is -0.465 e. The maximum atomic E-state index is 13.4. The highest BCUT2D eigenvalue weighted by molar-refractivity contribution is 6.19. The number of carbonyl (C=O) groups excluding carboxylic acids is 2. The van der Waals surface area contributed by atoms with Gasteiger partial charge in [0.15, 0.2) is 0 Å². The molecular weight excluding hydrogens is 338 g/mol. The summed E-state index contributed by atoms with van der Waals surface area (Å²) in [6.45, 7) is 0. The van der Waals surface area contributed by atoms with Crippen LogP contribution in [0.4, 0.5) is 0 Å². The molecule has 0 unspecified atom stereocenters. The molecule has 0 atom stereocenters. The Kier molecular flexibility index (Phi) is 4.30. The van der Waals surface area contributed by atoms with E-state index in [1.54, 1.807) is 6.07 Å². The average molecular weight is 355 g/mol. The highest BCUT2D eigenvalue weighted by Gasteiger charge is 2.25. The van der Waals surface area contributed by atoms with Crippen LogP contribution in [-0.2, 0) is 4.74 Å². The Bertz CT molecular complexity index is 1140. The molecule has 0 aliphatic rings. The van der Waals surface area contributed by atoms with E-state index in [1.165, 1.54) is 13.3 Å². The normalized spacial score (nSPS) is 10.7. The minimum absolute atomic E-state index is 0.166. The van der Waals surface area contributed by atoms with Gasteiger partial charge in [0.2, 0.25) is 5.78 Å². The van der Waals surface area contributed by atoms with Crippen molar-refractivity contribution < 1.29 is 14.3 Å². The third-order valence-corrected chi connectivity index (χ3v) is 4.61. The number of esters is 1. The second-order valence-electron chi connectivity index (χ2n) is 6.17. The summed E-state index contributed by atoms with van der Waals surface area (Å²) in [5.41, 5.74) is 2.64. The van der Waals surface area contributed by atoms with Gasteiger partial charge in [-0.3, -0.25) is 4.79 Å². The predicted octanol–water partition coefficient (Wildman–Crippen LogP) is 4.85. The number of benzene rings is 3. The predicted molar refractivity (Wildman–Crippen MR) is 105 cm³/mol. The fraction of sp³-hybridized carbons (Fsp3) is 0.0435. The second-order valence-corrected chi connectivity index (χ2v) is 6.17. The molecule has 0 bridgehead atoms. The molecule has 0 aliphatic carbocycles. The molecule has 4 rings (SSSR count). The first kappa shape index (κ1) is 16.8. The van der Waals surface area contributed by atoms with Gasteiger partial charge in [-0.25, -0.2) is 4.79 Å². The molecule has 0 spiro atoms. The molecule has 0 amide bonds. The van der Waals surface area contributed by atoms with Crippen LogP contribution < -0.4 is 0 Å². The molecular formula is C23H17NO3. The number of ketones is 1. The molecule has 27 heavy (non-hydrogen) atoms. The maximum Gasteiger partial charge on any atom is 0.340 e. The van der Waals surface area contributed by atoms with Gasteiger partial charge >= 0.3 is 5.97 Å². The van der Waals surface area contributed by atoms with Crippen LogP contribution in [0, 0.1) is 0 Å². The van der Waals surface area contributed by atoms with Crippen LogP contribution >= 0.6 is 0 Å². The summed E-state index contributed by atoms with van der Waals surface area (Å²) in [6, 6.07) is 22.8. The van der Waals surface area contributed by atoms with Gasteiger partial charge in [-0.15, -0.1) is 0 Å². The standard InChI is InChI=1S/C23H17NO3/c1-27-23(26)19-14-24-21(20(19)16-9-3-2-4-10-16)22(25)18-13-7-11-15-8-5-6-12-17(15)18/h2-14,24H,1H3. The van der Waals surface area contributed by atoms with Gasteiger partial charge in [-0.1, -0.05) is 72.8 Å².